The minimum atomic E-state index is -3.14. The molecule has 1 fully saturated rings. The van der Waals surface area contributed by atoms with Crippen molar-refractivity contribution in [3.8, 4) is 0 Å². The van der Waals surface area contributed by atoms with E-state index in [-0.39, 0.29) is 17.6 Å². The van der Waals surface area contributed by atoms with Crippen LogP contribution < -0.4 is 5.32 Å². The van der Waals surface area contributed by atoms with Gasteiger partial charge in [0.25, 0.3) is 5.91 Å². The van der Waals surface area contributed by atoms with Gasteiger partial charge in [0.1, 0.15) is 5.82 Å². The van der Waals surface area contributed by atoms with Gasteiger partial charge in [-0.1, -0.05) is 24.3 Å². The largest absolute Gasteiger partial charge is 0.352 e. The fourth-order valence-corrected chi connectivity index (χ4v) is 3.68. The van der Waals surface area contributed by atoms with Crippen LogP contribution in [-0.4, -0.2) is 44.5 Å². The molecule has 1 heterocycles. The summed E-state index contributed by atoms with van der Waals surface area (Å²) in [6.45, 7) is 1.24. The summed E-state index contributed by atoms with van der Waals surface area (Å²) in [5.74, 6) is -0.528. The molecule has 23 heavy (non-hydrogen) atoms. The van der Waals surface area contributed by atoms with E-state index in [0.29, 0.717) is 36.0 Å². The molecule has 5 nitrogen and oxygen atoms in total. The van der Waals surface area contributed by atoms with Crippen LogP contribution in [-0.2, 0) is 10.0 Å². The van der Waals surface area contributed by atoms with E-state index in [1.807, 2.05) is 0 Å². The van der Waals surface area contributed by atoms with Crippen molar-refractivity contribution in [2.75, 3.05) is 25.9 Å². The van der Waals surface area contributed by atoms with E-state index < -0.39 is 10.0 Å². The molecule has 3 rings (SSSR count). The number of hydrogen-bond donors (Lipinski definition) is 1. The maximum Gasteiger partial charge on any atom is 0.251 e. The van der Waals surface area contributed by atoms with Gasteiger partial charge in [-0.2, -0.15) is 0 Å². The van der Waals surface area contributed by atoms with Gasteiger partial charge in [0.2, 0.25) is 10.0 Å². The van der Waals surface area contributed by atoms with Crippen LogP contribution in [0, 0.1) is 11.7 Å². The topological polar surface area (TPSA) is 66.5 Å². The average molecular weight is 336 g/mol. The Balaban J connectivity index is 1.67. The number of carbonyl (C=O) groups excluding carboxylic acids is 1. The fraction of sp³-hybridized carbons (Fsp3) is 0.312. The number of sulfonamides is 1. The van der Waals surface area contributed by atoms with Crippen LogP contribution in [0.4, 0.5) is 4.39 Å². The molecule has 1 amide bonds. The molecule has 0 unspecified atom stereocenters. The standard InChI is InChI=1S/C16H17FN2O3S/c1-23(21,22)19-9-11(10-19)8-18-16(20)14-6-7-15(17)13-5-3-2-4-12(13)14/h2-7,11H,8-10H2,1H3,(H,18,20). The molecule has 0 spiro atoms. The average Bonchev–Trinajstić information content (AvgIpc) is 2.44. The third-order valence-corrected chi connectivity index (χ3v) is 5.30. The third-order valence-electron chi connectivity index (χ3n) is 4.06. The van der Waals surface area contributed by atoms with Gasteiger partial charge >= 0.3 is 0 Å². The molecule has 0 aliphatic carbocycles. The first-order chi connectivity index (χ1) is 10.9. The van der Waals surface area contributed by atoms with Crippen LogP contribution >= 0.6 is 0 Å². The van der Waals surface area contributed by atoms with Crippen LogP contribution in [0.25, 0.3) is 10.8 Å². The Morgan fingerprint density at radius 2 is 1.87 bits per heavy atom. The van der Waals surface area contributed by atoms with Crippen molar-refractivity contribution in [3.63, 3.8) is 0 Å². The van der Waals surface area contributed by atoms with Gasteiger partial charge in [0.05, 0.1) is 6.26 Å². The molecule has 0 radical (unpaired) electrons. The molecule has 1 aliphatic heterocycles. The molecule has 7 heteroatoms. The predicted molar refractivity (Wildman–Crippen MR) is 86.1 cm³/mol. The Morgan fingerprint density at radius 3 is 2.52 bits per heavy atom. The van der Waals surface area contributed by atoms with Crippen LogP contribution in [0.3, 0.4) is 0 Å². The number of hydrogen-bond acceptors (Lipinski definition) is 3. The van der Waals surface area contributed by atoms with Crippen molar-refractivity contribution >= 4 is 26.7 Å². The lowest BCUT2D eigenvalue weighted by atomic mass is 10.0. The van der Waals surface area contributed by atoms with Crippen LogP contribution in [0.1, 0.15) is 10.4 Å². The second-order valence-corrected chi connectivity index (χ2v) is 7.78. The minimum Gasteiger partial charge on any atom is -0.352 e. The van der Waals surface area contributed by atoms with E-state index in [0.717, 1.165) is 0 Å². The Morgan fingerprint density at radius 1 is 1.22 bits per heavy atom. The smallest absolute Gasteiger partial charge is 0.251 e. The van der Waals surface area contributed by atoms with Crippen molar-refractivity contribution in [1.82, 2.24) is 9.62 Å². The van der Waals surface area contributed by atoms with Crippen LogP contribution in [0.5, 0.6) is 0 Å². The van der Waals surface area contributed by atoms with Crippen LogP contribution in [0.2, 0.25) is 0 Å². The summed E-state index contributed by atoms with van der Waals surface area (Å²) in [4.78, 5) is 12.3. The zero-order valence-corrected chi connectivity index (χ0v) is 13.4. The molecule has 2 aromatic rings. The highest BCUT2D eigenvalue weighted by Gasteiger charge is 2.33. The molecule has 0 aromatic heterocycles. The maximum atomic E-state index is 13.8. The number of fused-ring (bicyclic) bond motifs is 1. The zero-order chi connectivity index (χ0) is 16.6. The van der Waals surface area contributed by atoms with Crippen molar-refractivity contribution in [3.05, 3.63) is 47.8 Å². The number of nitrogens with one attached hydrogen (secondary N) is 1. The van der Waals surface area contributed by atoms with Crippen LogP contribution in [0.15, 0.2) is 36.4 Å². The number of benzene rings is 2. The molecule has 0 saturated carbocycles. The minimum absolute atomic E-state index is 0.111. The van der Waals surface area contributed by atoms with E-state index in [1.54, 1.807) is 24.3 Å². The molecule has 0 atom stereocenters. The van der Waals surface area contributed by atoms with E-state index in [4.69, 9.17) is 0 Å². The number of rotatable bonds is 4. The Bertz CT molecular complexity index is 861. The first-order valence-electron chi connectivity index (χ1n) is 7.27. The second kappa shape index (κ2) is 5.90. The summed E-state index contributed by atoms with van der Waals surface area (Å²) in [5.41, 5.74) is 0.418. The van der Waals surface area contributed by atoms with Gasteiger partial charge < -0.3 is 5.32 Å². The van der Waals surface area contributed by atoms with Gasteiger partial charge in [-0.3, -0.25) is 4.79 Å². The van der Waals surface area contributed by atoms with Gasteiger partial charge in [-0.25, -0.2) is 17.1 Å². The molecule has 0 bridgehead atoms. The maximum absolute atomic E-state index is 13.8. The number of carbonyl (C=O) groups is 1. The van der Waals surface area contributed by atoms with Gasteiger partial charge in [-0.15, -0.1) is 0 Å². The highest BCUT2D eigenvalue weighted by Crippen LogP contribution is 2.22. The summed E-state index contributed by atoms with van der Waals surface area (Å²) in [6, 6.07) is 9.58. The molecule has 1 aliphatic rings. The third kappa shape index (κ3) is 3.20. The number of nitrogens with zero attached hydrogens (tertiary/aromatic N) is 1. The summed E-state index contributed by atoms with van der Waals surface area (Å²) >= 11 is 0. The summed E-state index contributed by atoms with van der Waals surface area (Å²) in [5, 5.41) is 3.78. The van der Waals surface area contributed by atoms with E-state index >= 15 is 0 Å². The van der Waals surface area contributed by atoms with Crippen molar-refractivity contribution in [2.45, 2.75) is 0 Å². The molecule has 122 valence electrons. The van der Waals surface area contributed by atoms with Crippen molar-refractivity contribution < 1.29 is 17.6 Å². The van der Waals surface area contributed by atoms with E-state index in [2.05, 4.69) is 5.32 Å². The Labute approximate surface area is 134 Å². The summed E-state index contributed by atoms with van der Waals surface area (Å²) in [6.07, 6.45) is 1.17. The normalized spacial score (nSPS) is 16.3. The molecule has 1 N–H and O–H groups in total. The monoisotopic (exact) mass is 336 g/mol. The first kappa shape index (κ1) is 15.9. The summed E-state index contributed by atoms with van der Waals surface area (Å²) in [7, 11) is -3.14. The highest BCUT2D eigenvalue weighted by atomic mass is 32.2. The Hall–Kier alpha value is -1.99. The van der Waals surface area contributed by atoms with E-state index in [9.17, 15) is 17.6 Å². The molecule has 1 saturated heterocycles. The van der Waals surface area contributed by atoms with Crippen molar-refractivity contribution in [2.24, 2.45) is 5.92 Å². The molecular weight excluding hydrogens is 319 g/mol. The number of halogens is 1. The lowest BCUT2D eigenvalue weighted by Crippen LogP contribution is -2.53. The fourth-order valence-electron chi connectivity index (χ4n) is 2.71. The zero-order valence-electron chi connectivity index (χ0n) is 12.6. The quantitative estimate of drug-likeness (QED) is 0.922. The SMILES string of the molecule is CS(=O)(=O)N1CC(CNC(=O)c2ccc(F)c3ccccc23)C1. The second-order valence-electron chi connectivity index (χ2n) is 5.80. The lowest BCUT2D eigenvalue weighted by molar-refractivity contribution is 0.0931. The molecule has 2 aromatic carbocycles. The highest BCUT2D eigenvalue weighted by molar-refractivity contribution is 7.88. The number of amides is 1. The van der Waals surface area contributed by atoms with Gasteiger partial charge in [0, 0.05) is 36.5 Å². The van der Waals surface area contributed by atoms with Gasteiger partial charge in [-0.05, 0) is 17.5 Å². The van der Waals surface area contributed by atoms with E-state index in [1.165, 1.54) is 22.7 Å². The first-order valence-corrected chi connectivity index (χ1v) is 9.11. The Kier molecular flexibility index (Phi) is 4.08. The van der Waals surface area contributed by atoms with Crippen molar-refractivity contribution in [1.29, 1.82) is 0 Å². The molecular formula is C16H17FN2O3S. The lowest BCUT2D eigenvalue weighted by Gasteiger charge is -2.37. The van der Waals surface area contributed by atoms with Gasteiger partial charge in [0.15, 0.2) is 0 Å². The predicted octanol–water partition coefficient (Wildman–Crippen LogP) is 1.60. The summed E-state index contributed by atoms with van der Waals surface area (Å²) < 4.78 is 37.7.